The largest absolute Gasteiger partial charge is 0.494 e. The van der Waals surface area contributed by atoms with Gasteiger partial charge in [-0.15, -0.1) is 0 Å². The van der Waals surface area contributed by atoms with Gasteiger partial charge in [0, 0.05) is 5.56 Å². The molecule has 0 amide bonds. The lowest BCUT2D eigenvalue weighted by molar-refractivity contribution is 0.0991. The monoisotopic (exact) mass is 318 g/mol. The Labute approximate surface area is 121 Å². The number of ketones is 1. The van der Waals surface area contributed by atoms with E-state index in [-0.39, 0.29) is 10.6 Å². The van der Waals surface area contributed by atoms with Gasteiger partial charge < -0.3 is 4.74 Å². The molecule has 0 aliphatic rings. The van der Waals surface area contributed by atoms with E-state index in [0.29, 0.717) is 12.2 Å². The molecular weight excluding hydrogens is 304 g/mol. The van der Waals surface area contributed by atoms with Crippen molar-refractivity contribution < 1.29 is 9.53 Å². The average molecular weight is 319 g/mol. The molecule has 0 aliphatic carbocycles. The normalized spacial score (nSPS) is 11.9. The van der Waals surface area contributed by atoms with Crippen LogP contribution in [0.3, 0.4) is 0 Å². The number of carbonyl (C=O) groups is 1. The Balaban J connectivity index is 2.15. The van der Waals surface area contributed by atoms with Crippen LogP contribution in [0.5, 0.6) is 5.75 Å². The van der Waals surface area contributed by atoms with Crippen molar-refractivity contribution >= 4 is 21.7 Å². The second-order valence-corrected chi connectivity index (χ2v) is 5.01. The zero-order chi connectivity index (χ0) is 13.7. The molecule has 19 heavy (non-hydrogen) atoms. The third-order valence-electron chi connectivity index (χ3n) is 2.77. The van der Waals surface area contributed by atoms with E-state index in [9.17, 15) is 4.79 Å². The van der Waals surface area contributed by atoms with Crippen molar-refractivity contribution in [3.63, 3.8) is 0 Å². The van der Waals surface area contributed by atoms with E-state index in [0.717, 1.165) is 11.3 Å². The van der Waals surface area contributed by atoms with Crippen LogP contribution in [0.2, 0.25) is 0 Å². The summed E-state index contributed by atoms with van der Waals surface area (Å²) in [5, 5.41) is 0. The quantitative estimate of drug-likeness (QED) is 0.603. The Hall–Kier alpha value is -1.61. The maximum Gasteiger partial charge on any atom is 0.180 e. The summed E-state index contributed by atoms with van der Waals surface area (Å²) in [5.41, 5.74) is 1.63. The number of carbonyl (C=O) groups excluding carboxylic acids is 1. The van der Waals surface area contributed by atoms with Crippen molar-refractivity contribution in [1.82, 2.24) is 0 Å². The molecule has 2 aromatic carbocycles. The lowest BCUT2D eigenvalue weighted by atomic mass is 10.0. The zero-order valence-electron chi connectivity index (χ0n) is 10.7. The molecule has 0 heterocycles. The summed E-state index contributed by atoms with van der Waals surface area (Å²) in [6.07, 6.45) is 0. The van der Waals surface area contributed by atoms with Gasteiger partial charge in [-0.2, -0.15) is 0 Å². The fourth-order valence-electron chi connectivity index (χ4n) is 1.80. The van der Waals surface area contributed by atoms with Gasteiger partial charge in [0.2, 0.25) is 0 Å². The first-order valence-corrected chi connectivity index (χ1v) is 7.10. The highest BCUT2D eigenvalue weighted by atomic mass is 79.9. The highest BCUT2D eigenvalue weighted by Gasteiger charge is 2.18. The van der Waals surface area contributed by atoms with Gasteiger partial charge >= 0.3 is 0 Å². The fourth-order valence-corrected chi connectivity index (χ4v) is 2.37. The molecule has 0 aliphatic heterocycles. The number of ether oxygens (including phenoxy) is 1. The molecule has 0 aromatic heterocycles. The van der Waals surface area contributed by atoms with E-state index in [1.807, 2.05) is 49.4 Å². The first-order chi connectivity index (χ1) is 9.22. The van der Waals surface area contributed by atoms with Crippen LogP contribution in [0.1, 0.15) is 27.7 Å². The van der Waals surface area contributed by atoms with E-state index < -0.39 is 0 Å². The Morgan fingerprint density at radius 2 is 1.74 bits per heavy atom. The van der Waals surface area contributed by atoms with E-state index in [2.05, 4.69) is 15.9 Å². The van der Waals surface area contributed by atoms with E-state index in [1.54, 1.807) is 12.1 Å². The van der Waals surface area contributed by atoms with Crippen molar-refractivity contribution in [2.75, 3.05) is 6.61 Å². The number of rotatable bonds is 5. The molecule has 2 rings (SSSR count). The molecule has 0 bridgehead atoms. The van der Waals surface area contributed by atoms with Gasteiger partial charge in [0.1, 0.15) is 10.6 Å². The Bertz CT molecular complexity index is 534. The van der Waals surface area contributed by atoms with Crippen molar-refractivity contribution in [3.05, 3.63) is 65.7 Å². The molecule has 0 unspecified atom stereocenters. The SMILES string of the molecule is CCOc1ccc(C(=O)[C@H](Br)c2ccccc2)cc1. The maximum absolute atomic E-state index is 12.3. The molecule has 0 spiro atoms. The predicted octanol–water partition coefficient (Wildman–Crippen LogP) is 4.40. The van der Waals surface area contributed by atoms with E-state index in [4.69, 9.17) is 4.74 Å². The molecule has 0 fully saturated rings. The second kappa shape index (κ2) is 6.53. The standard InChI is InChI=1S/C16H15BrO2/c1-2-19-14-10-8-13(9-11-14)16(18)15(17)12-6-4-3-5-7-12/h3-11,15H,2H2,1H3/t15-/m1/s1. The van der Waals surface area contributed by atoms with Gasteiger partial charge in [-0.3, -0.25) is 4.79 Å². The highest BCUT2D eigenvalue weighted by Crippen LogP contribution is 2.27. The average Bonchev–Trinajstić information content (AvgIpc) is 2.48. The molecule has 2 nitrogen and oxygen atoms in total. The van der Waals surface area contributed by atoms with Gasteiger partial charge in [-0.1, -0.05) is 46.3 Å². The summed E-state index contributed by atoms with van der Waals surface area (Å²) in [5.74, 6) is 0.833. The number of alkyl halides is 1. The number of Topliss-reactive ketones (excluding diaryl/α,β-unsaturated/α-hetero) is 1. The fraction of sp³-hybridized carbons (Fsp3) is 0.188. The lowest BCUT2D eigenvalue weighted by Crippen LogP contribution is -2.07. The number of hydrogen-bond acceptors (Lipinski definition) is 2. The van der Waals surface area contributed by atoms with Gasteiger partial charge in [0.25, 0.3) is 0 Å². The highest BCUT2D eigenvalue weighted by molar-refractivity contribution is 9.09. The van der Waals surface area contributed by atoms with Crippen LogP contribution in [0, 0.1) is 0 Å². The summed E-state index contributed by atoms with van der Waals surface area (Å²) in [4.78, 5) is 12.0. The number of hydrogen-bond donors (Lipinski definition) is 0. The molecule has 2 aromatic rings. The first-order valence-electron chi connectivity index (χ1n) is 6.18. The number of benzene rings is 2. The van der Waals surface area contributed by atoms with Crippen LogP contribution >= 0.6 is 15.9 Å². The van der Waals surface area contributed by atoms with Gasteiger partial charge in [0.15, 0.2) is 5.78 Å². The van der Waals surface area contributed by atoms with Crippen molar-refractivity contribution in [2.24, 2.45) is 0 Å². The van der Waals surface area contributed by atoms with Crippen LogP contribution in [0.15, 0.2) is 54.6 Å². The van der Waals surface area contributed by atoms with Gasteiger partial charge in [-0.05, 0) is 36.8 Å². The zero-order valence-corrected chi connectivity index (χ0v) is 12.3. The van der Waals surface area contributed by atoms with Gasteiger partial charge in [0.05, 0.1) is 6.61 Å². The summed E-state index contributed by atoms with van der Waals surface area (Å²) in [6.45, 7) is 2.56. The molecule has 0 radical (unpaired) electrons. The smallest absolute Gasteiger partial charge is 0.180 e. The summed E-state index contributed by atoms with van der Waals surface area (Å²) in [7, 11) is 0. The minimum Gasteiger partial charge on any atom is -0.494 e. The maximum atomic E-state index is 12.3. The van der Waals surface area contributed by atoms with Crippen LogP contribution in [-0.4, -0.2) is 12.4 Å². The van der Waals surface area contributed by atoms with Crippen molar-refractivity contribution in [3.8, 4) is 5.75 Å². The molecule has 98 valence electrons. The van der Waals surface area contributed by atoms with Crippen LogP contribution in [0.25, 0.3) is 0 Å². The van der Waals surface area contributed by atoms with Crippen LogP contribution < -0.4 is 4.74 Å². The summed E-state index contributed by atoms with van der Waals surface area (Å²) < 4.78 is 5.36. The van der Waals surface area contributed by atoms with E-state index in [1.165, 1.54) is 0 Å². The minimum absolute atomic E-state index is 0.0502. The topological polar surface area (TPSA) is 26.3 Å². The summed E-state index contributed by atoms with van der Waals surface area (Å²) in [6, 6.07) is 16.9. The third kappa shape index (κ3) is 3.44. The van der Waals surface area contributed by atoms with Crippen LogP contribution in [-0.2, 0) is 0 Å². The Kier molecular flexibility index (Phi) is 4.74. The molecule has 3 heteroatoms. The lowest BCUT2D eigenvalue weighted by Gasteiger charge is -2.10. The molecular formula is C16H15BrO2. The third-order valence-corrected chi connectivity index (χ3v) is 3.72. The van der Waals surface area contributed by atoms with Crippen molar-refractivity contribution in [1.29, 1.82) is 0 Å². The van der Waals surface area contributed by atoms with Gasteiger partial charge in [-0.25, -0.2) is 0 Å². The Morgan fingerprint density at radius 3 is 2.32 bits per heavy atom. The van der Waals surface area contributed by atoms with Crippen molar-refractivity contribution in [2.45, 2.75) is 11.8 Å². The van der Waals surface area contributed by atoms with E-state index >= 15 is 0 Å². The molecule has 1 atom stereocenters. The second-order valence-electron chi connectivity index (χ2n) is 4.09. The van der Waals surface area contributed by atoms with Crippen LogP contribution in [0.4, 0.5) is 0 Å². The molecule has 0 N–H and O–H groups in total. The minimum atomic E-state index is -0.313. The first kappa shape index (κ1) is 13.8. The summed E-state index contributed by atoms with van der Waals surface area (Å²) >= 11 is 3.46. The molecule has 0 saturated carbocycles. The predicted molar refractivity (Wildman–Crippen MR) is 80.1 cm³/mol. The Morgan fingerprint density at radius 1 is 1.11 bits per heavy atom. The number of halogens is 1. The molecule has 0 saturated heterocycles.